The zero-order valence-corrected chi connectivity index (χ0v) is 9.70. The molecule has 0 aliphatic rings. The summed E-state index contributed by atoms with van der Waals surface area (Å²) in [5.74, 6) is -0.170. The molecule has 0 aliphatic heterocycles. The molecule has 0 saturated heterocycles. The molecule has 17 heavy (non-hydrogen) atoms. The number of nitro groups is 1. The molecule has 0 aliphatic carbocycles. The van der Waals surface area contributed by atoms with Crippen LogP contribution in [0.4, 0.5) is 10.1 Å². The summed E-state index contributed by atoms with van der Waals surface area (Å²) in [5, 5.41) is 11.2. The Balaban J connectivity index is 2.46. The second-order valence-electron chi connectivity index (χ2n) is 3.29. The molecule has 0 fully saturated rings. The zero-order chi connectivity index (χ0) is 12.4. The van der Waals surface area contributed by atoms with Crippen LogP contribution in [0, 0.1) is 15.9 Å². The largest absolute Gasteiger partial charge is 0.305 e. The lowest BCUT2D eigenvalue weighted by atomic mass is 10.2. The molecule has 0 N–H and O–H groups in total. The average Bonchev–Trinajstić information content (AvgIpc) is 2.78. The maximum absolute atomic E-state index is 13.1. The smallest absolute Gasteiger partial charge is 0.258 e. The van der Waals surface area contributed by atoms with Gasteiger partial charge in [-0.05, 0) is 23.7 Å². The monoisotopic (exact) mass is 253 g/mol. The molecule has 1 aromatic heterocycles. The first-order valence-electron chi connectivity index (χ1n) is 4.88. The molecule has 5 nitrogen and oxygen atoms in total. The molecular weight excluding hydrogens is 245 g/mol. The van der Waals surface area contributed by atoms with Crippen LogP contribution in [0.2, 0.25) is 0 Å². The Morgan fingerprint density at radius 1 is 1.53 bits per heavy atom. The summed E-state index contributed by atoms with van der Waals surface area (Å²) in [6, 6.07) is 3.71. The van der Waals surface area contributed by atoms with Gasteiger partial charge in [-0.3, -0.25) is 10.1 Å². The van der Waals surface area contributed by atoms with E-state index in [1.165, 1.54) is 12.1 Å². The number of halogens is 1. The molecular formula is C10H8FN3O2S. The number of hydrogen-bond donors (Lipinski definition) is 0. The second-order valence-corrected chi connectivity index (χ2v) is 4.04. The Morgan fingerprint density at radius 2 is 2.29 bits per heavy atom. The molecule has 0 unspecified atom stereocenters. The molecule has 1 heterocycles. The quantitative estimate of drug-likeness (QED) is 0.623. The number of aromatic nitrogens is 2. The van der Waals surface area contributed by atoms with E-state index in [-0.39, 0.29) is 0 Å². The van der Waals surface area contributed by atoms with Gasteiger partial charge in [0.15, 0.2) is 0 Å². The molecule has 0 spiro atoms. The average molecular weight is 253 g/mol. The first-order chi connectivity index (χ1) is 8.11. The summed E-state index contributed by atoms with van der Waals surface area (Å²) in [6.45, 7) is 1.92. The van der Waals surface area contributed by atoms with Gasteiger partial charge in [0.1, 0.15) is 10.8 Å². The Morgan fingerprint density at radius 3 is 2.88 bits per heavy atom. The lowest BCUT2D eigenvalue weighted by molar-refractivity contribution is -0.387. The van der Waals surface area contributed by atoms with Crippen molar-refractivity contribution in [3.63, 3.8) is 0 Å². The van der Waals surface area contributed by atoms with E-state index >= 15 is 0 Å². The summed E-state index contributed by atoms with van der Waals surface area (Å²) in [5.41, 5.74) is -0.0361. The Hall–Kier alpha value is -1.89. The van der Waals surface area contributed by atoms with Gasteiger partial charge in [0.2, 0.25) is 5.82 Å². The van der Waals surface area contributed by atoms with Crippen LogP contribution in [0.5, 0.6) is 0 Å². The predicted octanol–water partition coefficient (Wildman–Crippen LogP) is 2.81. The van der Waals surface area contributed by atoms with Gasteiger partial charge in [0.25, 0.3) is 0 Å². The van der Waals surface area contributed by atoms with E-state index < -0.39 is 16.4 Å². The van der Waals surface area contributed by atoms with Crippen molar-refractivity contribution in [3.05, 3.63) is 40.0 Å². The second kappa shape index (κ2) is 4.54. The fourth-order valence-electron chi connectivity index (χ4n) is 1.30. The summed E-state index contributed by atoms with van der Waals surface area (Å²) < 4.78 is 17.2. The number of hydrogen-bond acceptors (Lipinski definition) is 5. The third-order valence-corrected chi connectivity index (χ3v) is 2.98. The number of nitro benzene ring substituents is 1. The minimum Gasteiger partial charge on any atom is -0.258 e. The van der Waals surface area contributed by atoms with Crippen LogP contribution in [0.3, 0.4) is 0 Å². The highest BCUT2D eigenvalue weighted by molar-refractivity contribution is 7.09. The van der Waals surface area contributed by atoms with E-state index in [0.717, 1.165) is 17.6 Å². The SMILES string of the molecule is CCc1nsc(-c2ccc(F)c([N+](=O)[O-])c2)n1. The fourth-order valence-corrected chi connectivity index (χ4v) is 2.04. The highest BCUT2D eigenvalue weighted by Crippen LogP contribution is 2.27. The molecule has 0 saturated carbocycles. The molecule has 0 radical (unpaired) electrons. The van der Waals surface area contributed by atoms with Crippen LogP contribution in [-0.4, -0.2) is 14.3 Å². The first-order valence-corrected chi connectivity index (χ1v) is 5.66. The molecule has 0 amide bonds. The van der Waals surface area contributed by atoms with Gasteiger partial charge in [-0.1, -0.05) is 6.92 Å². The van der Waals surface area contributed by atoms with Crippen molar-refractivity contribution in [2.24, 2.45) is 0 Å². The Bertz CT molecular complexity index is 570. The number of benzene rings is 1. The van der Waals surface area contributed by atoms with Crippen LogP contribution in [0.1, 0.15) is 12.7 Å². The van der Waals surface area contributed by atoms with Crippen LogP contribution in [0.25, 0.3) is 10.6 Å². The maximum Gasteiger partial charge on any atom is 0.305 e. The van der Waals surface area contributed by atoms with E-state index in [9.17, 15) is 14.5 Å². The first kappa shape index (κ1) is 11.6. The van der Waals surface area contributed by atoms with Crippen LogP contribution in [-0.2, 0) is 6.42 Å². The highest BCUT2D eigenvalue weighted by atomic mass is 32.1. The summed E-state index contributed by atoms with van der Waals surface area (Å²) >= 11 is 1.15. The van der Waals surface area contributed by atoms with Crippen molar-refractivity contribution in [3.8, 4) is 10.6 Å². The van der Waals surface area contributed by atoms with Gasteiger partial charge in [0.05, 0.1) is 4.92 Å². The molecule has 7 heteroatoms. The van der Waals surface area contributed by atoms with Crippen molar-refractivity contribution in [1.82, 2.24) is 9.36 Å². The van der Waals surface area contributed by atoms with Crippen molar-refractivity contribution >= 4 is 17.2 Å². The van der Waals surface area contributed by atoms with Crippen LogP contribution < -0.4 is 0 Å². The van der Waals surface area contributed by atoms with E-state index in [0.29, 0.717) is 22.8 Å². The maximum atomic E-state index is 13.1. The van der Waals surface area contributed by atoms with Gasteiger partial charge < -0.3 is 0 Å². The molecule has 1 aromatic carbocycles. The molecule has 2 aromatic rings. The van der Waals surface area contributed by atoms with E-state index in [2.05, 4.69) is 9.36 Å². The lowest BCUT2D eigenvalue weighted by Crippen LogP contribution is -1.92. The normalized spacial score (nSPS) is 10.5. The van der Waals surface area contributed by atoms with Crippen molar-refractivity contribution in [2.75, 3.05) is 0 Å². The minimum absolute atomic E-state index is 0.510. The number of aryl methyl sites for hydroxylation is 1. The zero-order valence-electron chi connectivity index (χ0n) is 8.88. The molecule has 2 rings (SSSR count). The third kappa shape index (κ3) is 2.28. The Kier molecular flexibility index (Phi) is 3.10. The molecule has 0 bridgehead atoms. The number of rotatable bonds is 3. The van der Waals surface area contributed by atoms with Crippen molar-refractivity contribution < 1.29 is 9.31 Å². The Labute approximate surface area is 100 Å². The van der Waals surface area contributed by atoms with Gasteiger partial charge in [0, 0.05) is 18.1 Å². The third-order valence-electron chi connectivity index (χ3n) is 2.17. The highest BCUT2D eigenvalue weighted by Gasteiger charge is 2.16. The lowest BCUT2D eigenvalue weighted by Gasteiger charge is -1.97. The van der Waals surface area contributed by atoms with Crippen molar-refractivity contribution in [1.29, 1.82) is 0 Å². The van der Waals surface area contributed by atoms with Crippen LogP contribution >= 0.6 is 11.5 Å². The van der Waals surface area contributed by atoms with Gasteiger partial charge >= 0.3 is 5.69 Å². The van der Waals surface area contributed by atoms with Gasteiger partial charge in [-0.25, -0.2) is 4.98 Å². The summed E-state index contributed by atoms with van der Waals surface area (Å²) in [7, 11) is 0. The minimum atomic E-state index is -0.848. The standard InChI is InChI=1S/C10H8FN3O2S/c1-2-9-12-10(17-13-9)6-3-4-7(11)8(5-6)14(15)16/h3-5H,2H2,1H3. The van der Waals surface area contributed by atoms with Crippen molar-refractivity contribution in [2.45, 2.75) is 13.3 Å². The van der Waals surface area contributed by atoms with E-state index in [4.69, 9.17) is 0 Å². The summed E-state index contributed by atoms with van der Waals surface area (Å²) in [4.78, 5) is 14.0. The van der Waals surface area contributed by atoms with Gasteiger partial charge in [-0.2, -0.15) is 8.76 Å². The predicted molar refractivity (Wildman–Crippen MR) is 61.3 cm³/mol. The molecule has 88 valence electrons. The fraction of sp³-hybridized carbons (Fsp3) is 0.200. The molecule has 0 atom stereocenters. The van der Waals surface area contributed by atoms with E-state index in [1.807, 2.05) is 6.92 Å². The van der Waals surface area contributed by atoms with Gasteiger partial charge in [-0.15, -0.1) is 0 Å². The van der Waals surface area contributed by atoms with Crippen LogP contribution in [0.15, 0.2) is 18.2 Å². The number of nitrogens with zero attached hydrogens (tertiary/aromatic N) is 3. The van der Waals surface area contributed by atoms with E-state index in [1.54, 1.807) is 0 Å². The topological polar surface area (TPSA) is 68.9 Å². The summed E-state index contributed by atoms with van der Waals surface area (Å²) in [6.07, 6.45) is 0.694.